The lowest BCUT2D eigenvalue weighted by atomic mass is 9.94. The molecule has 4 aromatic rings. The molecule has 0 saturated carbocycles. The summed E-state index contributed by atoms with van der Waals surface area (Å²) in [6.07, 6.45) is 3.14. The van der Waals surface area contributed by atoms with E-state index in [1.807, 2.05) is 0 Å². The van der Waals surface area contributed by atoms with Gasteiger partial charge < -0.3 is 14.4 Å². The van der Waals surface area contributed by atoms with Gasteiger partial charge in [0.05, 0.1) is 11.6 Å². The summed E-state index contributed by atoms with van der Waals surface area (Å²) in [7, 11) is 0. The van der Waals surface area contributed by atoms with Crippen LogP contribution in [-0.2, 0) is 11.3 Å². The Labute approximate surface area is 182 Å². The lowest BCUT2D eigenvalue weighted by molar-refractivity contribution is -0.130. The number of aromatic nitrogens is 1. The zero-order chi connectivity index (χ0) is 22.2. The van der Waals surface area contributed by atoms with Crippen molar-refractivity contribution < 1.29 is 23.5 Å². The second-order valence-corrected chi connectivity index (χ2v) is 7.45. The molecule has 6 nitrogen and oxygen atoms in total. The third kappa shape index (κ3) is 3.24. The lowest BCUT2D eigenvalue weighted by Crippen LogP contribution is -2.31. The molecule has 3 heterocycles. The number of hydrogen-bond acceptors (Lipinski definition) is 5. The highest BCUT2D eigenvalue weighted by Crippen LogP contribution is 2.41. The predicted octanol–water partition coefficient (Wildman–Crippen LogP) is 4.75. The second-order valence-electron chi connectivity index (χ2n) is 7.45. The van der Waals surface area contributed by atoms with Crippen LogP contribution in [-0.4, -0.2) is 26.7 Å². The first kappa shape index (κ1) is 19.7. The van der Waals surface area contributed by atoms with Gasteiger partial charge in [-0.1, -0.05) is 36.4 Å². The van der Waals surface area contributed by atoms with Crippen LogP contribution in [0.25, 0.3) is 11.0 Å². The minimum atomic E-state index is -1.11. The predicted molar refractivity (Wildman–Crippen MR) is 114 cm³/mol. The molecule has 0 spiro atoms. The Balaban J connectivity index is 1.62. The standard InChI is InChI=1S/C25H17FN2O4/c26-18-7-3-2-6-17(18)22-21(23(29)20-13-16-5-1-4-8-19(16)32-20)24(30)25(31)28(22)14-15-9-11-27-12-10-15/h1-13,22,30H,14H2. The Morgan fingerprint density at radius 3 is 2.53 bits per heavy atom. The molecule has 0 saturated heterocycles. The number of carbonyl (C=O) groups excluding carboxylic acids is 2. The molecule has 7 heteroatoms. The molecular formula is C25H17FN2O4. The first-order valence-electron chi connectivity index (χ1n) is 9.95. The number of ketones is 1. The number of amides is 1. The first-order valence-corrected chi connectivity index (χ1v) is 9.95. The number of Topliss-reactive ketones (excluding diaryl/α,β-unsaturated/α-hetero) is 1. The number of pyridine rings is 1. The van der Waals surface area contributed by atoms with Crippen molar-refractivity contribution in [3.63, 3.8) is 0 Å². The molecule has 0 aliphatic carbocycles. The van der Waals surface area contributed by atoms with Crippen molar-refractivity contribution >= 4 is 22.7 Å². The molecule has 0 fully saturated rings. The van der Waals surface area contributed by atoms with Crippen LogP contribution in [0.4, 0.5) is 4.39 Å². The van der Waals surface area contributed by atoms with E-state index in [-0.39, 0.29) is 23.4 Å². The number of aliphatic hydroxyl groups excluding tert-OH is 1. The van der Waals surface area contributed by atoms with E-state index in [0.717, 1.165) is 5.56 Å². The van der Waals surface area contributed by atoms with E-state index in [1.165, 1.54) is 23.1 Å². The van der Waals surface area contributed by atoms with Crippen LogP contribution in [0.1, 0.15) is 27.7 Å². The number of para-hydroxylation sites is 1. The van der Waals surface area contributed by atoms with E-state index in [4.69, 9.17) is 4.42 Å². The number of nitrogens with zero attached hydrogens (tertiary/aromatic N) is 2. The van der Waals surface area contributed by atoms with Crippen molar-refractivity contribution in [3.8, 4) is 0 Å². The maximum absolute atomic E-state index is 14.8. The molecule has 1 atom stereocenters. The van der Waals surface area contributed by atoms with E-state index in [0.29, 0.717) is 11.0 Å². The number of halogens is 1. The Hall–Kier alpha value is -4.26. The highest BCUT2D eigenvalue weighted by Gasteiger charge is 2.45. The van der Waals surface area contributed by atoms with Gasteiger partial charge in [-0.05, 0) is 35.9 Å². The fourth-order valence-electron chi connectivity index (χ4n) is 3.98. The van der Waals surface area contributed by atoms with Crippen LogP contribution >= 0.6 is 0 Å². The number of hydrogen-bond donors (Lipinski definition) is 1. The van der Waals surface area contributed by atoms with E-state index in [2.05, 4.69) is 4.98 Å². The van der Waals surface area contributed by atoms with Crippen LogP contribution in [0.15, 0.2) is 94.9 Å². The van der Waals surface area contributed by atoms with E-state index in [9.17, 15) is 19.1 Å². The van der Waals surface area contributed by atoms with Gasteiger partial charge in [-0.2, -0.15) is 0 Å². The number of carbonyl (C=O) groups is 2. The van der Waals surface area contributed by atoms with E-state index in [1.54, 1.807) is 60.9 Å². The number of furan rings is 1. The SMILES string of the molecule is O=C(C1=C(O)C(=O)N(Cc2ccncc2)C1c1ccccc1F)c1cc2ccccc2o1. The van der Waals surface area contributed by atoms with Gasteiger partial charge in [-0.15, -0.1) is 0 Å². The smallest absolute Gasteiger partial charge is 0.290 e. The summed E-state index contributed by atoms with van der Waals surface area (Å²) < 4.78 is 20.5. The number of fused-ring (bicyclic) bond motifs is 1. The number of rotatable bonds is 5. The molecule has 2 aromatic heterocycles. The molecule has 5 rings (SSSR count). The summed E-state index contributed by atoms with van der Waals surface area (Å²) in [6, 6.07) is 16.8. The van der Waals surface area contributed by atoms with Crippen molar-refractivity contribution in [1.29, 1.82) is 0 Å². The zero-order valence-corrected chi connectivity index (χ0v) is 16.7. The van der Waals surface area contributed by atoms with Crippen molar-refractivity contribution in [2.45, 2.75) is 12.6 Å². The molecule has 1 unspecified atom stereocenters. The molecule has 1 aliphatic rings. The molecule has 1 aliphatic heterocycles. The third-order valence-corrected chi connectivity index (χ3v) is 5.50. The summed E-state index contributed by atoms with van der Waals surface area (Å²) in [4.78, 5) is 31.7. The molecular weight excluding hydrogens is 411 g/mol. The van der Waals surface area contributed by atoms with Gasteiger partial charge in [-0.3, -0.25) is 14.6 Å². The van der Waals surface area contributed by atoms with Gasteiger partial charge in [0.25, 0.3) is 5.91 Å². The largest absolute Gasteiger partial charge is 0.503 e. The summed E-state index contributed by atoms with van der Waals surface area (Å²) in [5.41, 5.74) is 1.11. The van der Waals surface area contributed by atoms with E-state index < -0.39 is 29.3 Å². The second kappa shape index (κ2) is 7.77. The molecule has 1 N–H and O–H groups in total. The van der Waals surface area contributed by atoms with E-state index >= 15 is 0 Å². The van der Waals surface area contributed by atoms with Crippen LogP contribution < -0.4 is 0 Å². The highest BCUT2D eigenvalue weighted by atomic mass is 19.1. The van der Waals surface area contributed by atoms with Gasteiger partial charge in [0.15, 0.2) is 11.5 Å². The van der Waals surface area contributed by atoms with Crippen LogP contribution in [0.5, 0.6) is 0 Å². The van der Waals surface area contributed by atoms with Gasteiger partial charge >= 0.3 is 0 Å². The Kier molecular flexibility index (Phi) is 4.78. The Morgan fingerprint density at radius 1 is 1.06 bits per heavy atom. The molecule has 1 amide bonds. The highest BCUT2D eigenvalue weighted by molar-refractivity contribution is 6.16. The summed E-state index contributed by atoms with van der Waals surface area (Å²) >= 11 is 0. The summed E-state index contributed by atoms with van der Waals surface area (Å²) in [5.74, 6) is -2.76. The average Bonchev–Trinajstić information content (AvgIpc) is 3.35. The molecule has 0 radical (unpaired) electrons. The average molecular weight is 428 g/mol. The molecule has 32 heavy (non-hydrogen) atoms. The van der Waals surface area contributed by atoms with Gasteiger partial charge in [0.1, 0.15) is 11.4 Å². The van der Waals surface area contributed by atoms with Crippen LogP contribution in [0.2, 0.25) is 0 Å². The summed E-state index contributed by atoms with van der Waals surface area (Å²) in [5, 5.41) is 11.4. The molecule has 0 bridgehead atoms. The minimum absolute atomic E-state index is 0.0346. The maximum atomic E-state index is 14.8. The van der Waals surface area contributed by atoms with Gasteiger partial charge in [-0.25, -0.2) is 4.39 Å². The Bertz CT molecular complexity index is 1340. The maximum Gasteiger partial charge on any atom is 0.290 e. The van der Waals surface area contributed by atoms with Crippen LogP contribution in [0.3, 0.4) is 0 Å². The normalized spacial score (nSPS) is 16.2. The van der Waals surface area contributed by atoms with Crippen molar-refractivity contribution in [1.82, 2.24) is 9.88 Å². The fraction of sp³-hybridized carbons (Fsp3) is 0.0800. The monoisotopic (exact) mass is 428 g/mol. The third-order valence-electron chi connectivity index (χ3n) is 5.50. The first-order chi connectivity index (χ1) is 15.5. The van der Waals surface area contributed by atoms with Gasteiger partial charge in [0.2, 0.25) is 5.78 Å². The van der Waals surface area contributed by atoms with Crippen molar-refractivity contribution in [2.75, 3.05) is 0 Å². The van der Waals surface area contributed by atoms with Crippen LogP contribution in [0, 0.1) is 5.82 Å². The fourth-order valence-corrected chi connectivity index (χ4v) is 3.98. The summed E-state index contributed by atoms with van der Waals surface area (Å²) in [6.45, 7) is 0.0569. The quantitative estimate of drug-likeness (QED) is 0.464. The lowest BCUT2D eigenvalue weighted by Gasteiger charge is -2.27. The molecule has 2 aromatic carbocycles. The number of aliphatic hydroxyl groups is 1. The van der Waals surface area contributed by atoms with Gasteiger partial charge in [0, 0.05) is 29.9 Å². The zero-order valence-electron chi connectivity index (χ0n) is 16.7. The minimum Gasteiger partial charge on any atom is -0.503 e. The molecule has 158 valence electrons. The topological polar surface area (TPSA) is 83.6 Å². The van der Waals surface area contributed by atoms with Crippen molar-refractivity contribution in [2.24, 2.45) is 0 Å². The Morgan fingerprint density at radius 2 is 1.78 bits per heavy atom. The number of benzene rings is 2. The van der Waals surface area contributed by atoms with Crippen molar-refractivity contribution in [3.05, 3.63) is 113 Å².